The van der Waals surface area contributed by atoms with E-state index in [-0.39, 0.29) is 6.04 Å². The summed E-state index contributed by atoms with van der Waals surface area (Å²) < 4.78 is 5.50. The van der Waals surface area contributed by atoms with Crippen LogP contribution >= 0.6 is 11.6 Å². The second-order valence-corrected chi connectivity index (χ2v) is 5.32. The van der Waals surface area contributed by atoms with Crippen molar-refractivity contribution in [2.45, 2.75) is 25.8 Å². The van der Waals surface area contributed by atoms with Crippen molar-refractivity contribution in [3.05, 3.63) is 64.7 Å². The van der Waals surface area contributed by atoms with Gasteiger partial charge in [-0.05, 0) is 55.2 Å². The Morgan fingerprint density at radius 1 is 1.05 bits per heavy atom. The van der Waals surface area contributed by atoms with Gasteiger partial charge in [-0.1, -0.05) is 35.9 Å². The van der Waals surface area contributed by atoms with Crippen molar-refractivity contribution in [2.75, 3.05) is 6.61 Å². The molecule has 0 amide bonds. The lowest BCUT2D eigenvalue weighted by Crippen LogP contribution is -2.25. The van der Waals surface area contributed by atoms with E-state index in [1.807, 2.05) is 37.3 Å². The molecule has 0 bridgehead atoms. The molecule has 0 aliphatic rings. The Labute approximate surface area is 125 Å². The molecule has 0 radical (unpaired) electrons. The quantitative estimate of drug-likeness (QED) is 0.876. The van der Waals surface area contributed by atoms with Crippen LogP contribution in [0.25, 0.3) is 0 Å². The highest BCUT2D eigenvalue weighted by atomic mass is 35.5. The van der Waals surface area contributed by atoms with Crippen molar-refractivity contribution in [1.29, 1.82) is 0 Å². The van der Waals surface area contributed by atoms with Crippen LogP contribution in [0.2, 0.25) is 5.02 Å². The van der Waals surface area contributed by atoms with Crippen molar-refractivity contribution < 1.29 is 4.74 Å². The Bertz CT molecular complexity index is 556. The second-order valence-electron chi connectivity index (χ2n) is 4.88. The van der Waals surface area contributed by atoms with E-state index in [1.165, 1.54) is 11.1 Å². The van der Waals surface area contributed by atoms with Crippen molar-refractivity contribution in [1.82, 2.24) is 0 Å². The normalized spacial score (nSPS) is 12.2. The number of nitrogens with two attached hydrogens (primary N) is 1. The van der Waals surface area contributed by atoms with Gasteiger partial charge in [0.05, 0.1) is 6.61 Å². The van der Waals surface area contributed by atoms with Crippen LogP contribution in [0.15, 0.2) is 48.5 Å². The van der Waals surface area contributed by atoms with E-state index in [1.54, 1.807) is 0 Å². The topological polar surface area (TPSA) is 35.2 Å². The molecule has 2 N–H and O–H groups in total. The maximum Gasteiger partial charge on any atom is 0.119 e. The van der Waals surface area contributed by atoms with Crippen molar-refractivity contribution >= 4 is 11.6 Å². The zero-order valence-electron chi connectivity index (χ0n) is 11.7. The molecule has 0 aliphatic heterocycles. The molecule has 2 nitrogen and oxygen atoms in total. The Hall–Kier alpha value is -1.51. The molecule has 2 rings (SSSR count). The fourth-order valence-electron chi connectivity index (χ4n) is 2.27. The lowest BCUT2D eigenvalue weighted by molar-refractivity contribution is 0.340. The highest BCUT2D eigenvalue weighted by Crippen LogP contribution is 2.16. The third-order valence-corrected chi connectivity index (χ3v) is 3.33. The second kappa shape index (κ2) is 7.32. The van der Waals surface area contributed by atoms with Gasteiger partial charge in [-0.25, -0.2) is 0 Å². The Kier molecular flexibility index (Phi) is 5.45. The Morgan fingerprint density at radius 3 is 2.35 bits per heavy atom. The van der Waals surface area contributed by atoms with Crippen LogP contribution in [-0.4, -0.2) is 12.6 Å². The zero-order valence-corrected chi connectivity index (χ0v) is 12.4. The van der Waals surface area contributed by atoms with Crippen LogP contribution < -0.4 is 10.5 Å². The van der Waals surface area contributed by atoms with Gasteiger partial charge >= 0.3 is 0 Å². The van der Waals surface area contributed by atoms with E-state index in [2.05, 4.69) is 18.2 Å². The maximum absolute atomic E-state index is 6.23. The minimum Gasteiger partial charge on any atom is -0.494 e. The van der Waals surface area contributed by atoms with E-state index in [0.29, 0.717) is 6.61 Å². The standard InChI is InChI=1S/C17H20ClNO/c1-2-20-17-8-4-6-14(12-17)11-16(19)10-13-5-3-7-15(18)9-13/h3-9,12,16H,2,10-11,19H2,1H3. The van der Waals surface area contributed by atoms with Crippen molar-refractivity contribution in [3.8, 4) is 5.75 Å². The predicted molar refractivity (Wildman–Crippen MR) is 84.4 cm³/mol. The minimum absolute atomic E-state index is 0.0744. The van der Waals surface area contributed by atoms with Gasteiger partial charge < -0.3 is 10.5 Å². The molecule has 0 saturated heterocycles. The molecule has 0 aliphatic carbocycles. The van der Waals surface area contributed by atoms with Gasteiger partial charge in [0.25, 0.3) is 0 Å². The van der Waals surface area contributed by atoms with Gasteiger partial charge in [-0.3, -0.25) is 0 Å². The van der Waals surface area contributed by atoms with Crippen LogP contribution in [0.1, 0.15) is 18.1 Å². The molecule has 0 saturated carbocycles. The third kappa shape index (κ3) is 4.55. The number of benzene rings is 2. The summed E-state index contributed by atoms with van der Waals surface area (Å²) in [4.78, 5) is 0. The first-order chi connectivity index (χ1) is 9.67. The molecule has 20 heavy (non-hydrogen) atoms. The number of rotatable bonds is 6. The summed E-state index contributed by atoms with van der Waals surface area (Å²) in [6.45, 7) is 2.66. The molecular weight excluding hydrogens is 270 g/mol. The van der Waals surface area contributed by atoms with Crippen LogP contribution in [0.5, 0.6) is 5.75 Å². The van der Waals surface area contributed by atoms with Gasteiger partial charge in [0.1, 0.15) is 5.75 Å². The molecule has 1 unspecified atom stereocenters. The number of hydrogen-bond donors (Lipinski definition) is 1. The van der Waals surface area contributed by atoms with Gasteiger partial charge in [-0.2, -0.15) is 0 Å². The van der Waals surface area contributed by atoms with Gasteiger partial charge in [0, 0.05) is 11.1 Å². The van der Waals surface area contributed by atoms with Crippen molar-refractivity contribution in [3.63, 3.8) is 0 Å². The molecule has 106 valence electrons. The lowest BCUT2D eigenvalue weighted by Gasteiger charge is -2.13. The number of ether oxygens (including phenoxy) is 1. The molecule has 0 heterocycles. The average molecular weight is 290 g/mol. The molecule has 2 aromatic rings. The number of halogens is 1. The Morgan fingerprint density at radius 2 is 1.70 bits per heavy atom. The molecule has 2 aromatic carbocycles. The van der Waals surface area contributed by atoms with Crippen molar-refractivity contribution in [2.24, 2.45) is 5.73 Å². The van der Waals surface area contributed by atoms with E-state index in [9.17, 15) is 0 Å². The highest BCUT2D eigenvalue weighted by molar-refractivity contribution is 6.30. The highest BCUT2D eigenvalue weighted by Gasteiger charge is 2.07. The first-order valence-electron chi connectivity index (χ1n) is 6.89. The summed E-state index contributed by atoms with van der Waals surface area (Å²) in [5.74, 6) is 0.903. The largest absolute Gasteiger partial charge is 0.494 e. The predicted octanol–water partition coefficient (Wildman–Crippen LogP) is 3.85. The fraction of sp³-hybridized carbons (Fsp3) is 0.294. The van der Waals surface area contributed by atoms with Gasteiger partial charge in [0.15, 0.2) is 0 Å². The lowest BCUT2D eigenvalue weighted by atomic mass is 10.00. The van der Waals surface area contributed by atoms with E-state index in [0.717, 1.165) is 23.6 Å². The summed E-state index contributed by atoms with van der Waals surface area (Å²) in [7, 11) is 0. The number of hydrogen-bond acceptors (Lipinski definition) is 2. The smallest absolute Gasteiger partial charge is 0.119 e. The monoisotopic (exact) mass is 289 g/mol. The van der Waals surface area contributed by atoms with E-state index in [4.69, 9.17) is 22.1 Å². The zero-order chi connectivity index (χ0) is 14.4. The third-order valence-electron chi connectivity index (χ3n) is 3.09. The first-order valence-corrected chi connectivity index (χ1v) is 7.27. The maximum atomic E-state index is 6.23. The SMILES string of the molecule is CCOc1cccc(CC(N)Cc2cccc(Cl)c2)c1. The molecule has 1 atom stereocenters. The molecular formula is C17H20ClNO. The minimum atomic E-state index is 0.0744. The van der Waals surface area contributed by atoms with Gasteiger partial charge in [0.2, 0.25) is 0 Å². The van der Waals surface area contributed by atoms with E-state index >= 15 is 0 Å². The summed E-state index contributed by atoms with van der Waals surface area (Å²) in [5.41, 5.74) is 8.60. The molecule has 0 fully saturated rings. The average Bonchev–Trinajstić information content (AvgIpc) is 2.39. The van der Waals surface area contributed by atoms with Gasteiger partial charge in [-0.15, -0.1) is 0 Å². The molecule has 0 aromatic heterocycles. The van der Waals surface area contributed by atoms with Crippen LogP contribution in [0.3, 0.4) is 0 Å². The summed E-state index contributed by atoms with van der Waals surface area (Å²) >= 11 is 5.99. The Balaban J connectivity index is 1.97. The van der Waals surface area contributed by atoms with Crippen LogP contribution in [-0.2, 0) is 12.8 Å². The summed E-state index contributed by atoms with van der Waals surface area (Å²) in [6, 6.07) is 16.1. The first kappa shape index (κ1) is 14.9. The van der Waals surface area contributed by atoms with Crippen LogP contribution in [0, 0.1) is 0 Å². The van der Waals surface area contributed by atoms with Crippen LogP contribution in [0.4, 0.5) is 0 Å². The summed E-state index contributed by atoms with van der Waals surface area (Å²) in [6.07, 6.45) is 1.65. The van der Waals surface area contributed by atoms with E-state index < -0.39 is 0 Å². The fourth-order valence-corrected chi connectivity index (χ4v) is 2.48. The summed E-state index contributed by atoms with van der Waals surface area (Å²) in [5, 5.41) is 0.757. The molecule has 0 spiro atoms. The molecule has 3 heteroatoms.